The first kappa shape index (κ1) is 17.9. The molecule has 1 atom stereocenters. The van der Waals surface area contributed by atoms with Gasteiger partial charge in [-0.1, -0.05) is 19.1 Å². The van der Waals surface area contributed by atoms with Crippen LogP contribution in [-0.4, -0.2) is 38.9 Å². The number of primary sulfonamides is 1. The van der Waals surface area contributed by atoms with Crippen LogP contribution in [0.2, 0.25) is 0 Å². The lowest BCUT2D eigenvalue weighted by Crippen LogP contribution is -2.37. The van der Waals surface area contributed by atoms with Crippen molar-refractivity contribution in [1.82, 2.24) is 10.2 Å². The van der Waals surface area contributed by atoms with E-state index in [1.165, 1.54) is 18.6 Å². The zero-order valence-electron chi connectivity index (χ0n) is 13.5. The van der Waals surface area contributed by atoms with Crippen LogP contribution in [0.3, 0.4) is 0 Å². The molecule has 1 aliphatic rings. The fourth-order valence-corrected chi connectivity index (χ4v) is 3.25. The first-order valence-electron chi connectivity index (χ1n) is 7.95. The van der Waals surface area contributed by atoms with Crippen LogP contribution in [-0.2, 0) is 21.4 Å². The molecule has 0 aromatic heterocycles. The van der Waals surface area contributed by atoms with Crippen molar-refractivity contribution in [2.24, 2.45) is 11.1 Å². The number of nitrogens with one attached hydrogen (secondary N) is 1. The topological polar surface area (TPSA) is 92.5 Å². The minimum Gasteiger partial charge on any atom is -0.351 e. The van der Waals surface area contributed by atoms with Gasteiger partial charge in [0.05, 0.1) is 11.4 Å². The van der Waals surface area contributed by atoms with Gasteiger partial charge in [-0.2, -0.15) is 0 Å². The number of hydrogen-bond acceptors (Lipinski definition) is 4. The Labute approximate surface area is 138 Å². The van der Waals surface area contributed by atoms with E-state index in [-0.39, 0.29) is 10.8 Å². The van der Waals surface area contributed by atoms with Gasteiger partial charge >= 0.3 is 0 Å². The van der Waals surface area contributed by atoms with Crippen molar-refractivity contribution >= 4 is 15.9 Å². The predicted molar refractivity (Wildman–Crippen MR) is 89.1 cm³/mol. The van der Waals surface area contributed by atoms with Crippen LogP contribution in [0.25, 0.3) is 0 Å². The third-order valence-corrected chi connectivity index (χ3v) is 5.15. The maximum atomic E-state index is 12.0. The summed E-state index contributed by atoms with van der Waals surface area (Å²) in [5, 5.41) is 7.93. The molecule has 7 heteroatoms. The minimum atomic E-state index is -3.67. The van der Waals surface area contributed by atoms with E-state index in [1.807, 2.05) is 0 Å². The van der Waals surface area contributed by atoms with Crippen LogP contribution in [0.5, 0.6) is 0 Å². The summed E-state index contributed by atoms with van der Waals surface area (Å²) >= 11 is 0. The highest BCUT2D eigenvalue weighted by Crippen LogP contribution is 2.16. The fourth-order valence-electron chi connectivity index (χ4n) is 2.74. The highest BCUT2D eigenvalue weighted by molar-refractivity contribution is 7.89. The van der Waals surface area contributed by atoms with Gasteiger partial charge in [0.1, 0.15) is 0 Å². The first-order chi connectivity index (χ1) is 10.8. The van der Waals surface area contributed by atoms with Gasteiger partial charge in [0.15, 0.2) is 0 Å². The summed E-state index contributed by atoms with van der Waals surface area (Å²) in [6.45, 7) is 5.00. The Morgan fingerprint density at radius 2 is 1.96 bits per heavy atom. The van der Waals surface area contributed by atoms with Crippen molar-refractivity contribution in [1.29, 1.82) is 0 Å². The van der Waals surface area contributed by atoms with Crippen molar-refractivity contribution in [3.05, 3.63) is 29.8 Å². The molecule has 2 rings (SSSR count). The number of carbonyl (C=O) groups is 1. The molecule has 1 amide bonds. The summed E-state index contributed by atoms with van der Waals surface area (Å²) in [5.74, 6) is 0.732. The molecule has 6 nitrogen and oxygen atoms in total. The van der Waals surface area contributed by atoms with E-state index in [1.54, 1.807) is 12.1 Å². The van der Waals surface area contributed by atoms with Gasteiger partial charge < -0.3 is 5.32 Å². The van der Waals surface area contributed by atoms with Crippen molar-refractivity contribution in [3.63, 3.8) is 0 Å². The molecule has 0 aliphatic carbocycles. The zero-order valence-corrected chi connectivity index (χ0v) is 14.3. The second kappa shape index (κ2) is 7.90. The SMILES string of the molecule is CC1CCCN(CC(=O)NCc2ccc(S(N)(=O)=O)cc2)CC1. The van der Waals surface area contributed by atoms with Crippen LogP contribution in [0.1, 0.15) is 31.7 Å². The van der Waals surface area contributed by atoms with E-state index in [0.717, 1.165) is 37.4 Å². The Morgan fingerprint density at radius 3 is 2.61 bits per heavy atom. The number of nitrogens with two attached hydrogens (primary N) is 1. The second-order valence-corrected chi connectivity index (χ2v) is 7.84. The van der Waals surface area contributed by atoms with Gasteiger partial charge in [0.2, 0.25) is 15.9 Å². The van der Waals surface area contributed by atoms with E-state index < -0.39 is 10.0 Å². The Kier molecular flexibility index (Phi) is 6.15. The van der Waals surface area contributed by atoms with Crippen molar-refractivity contribution in [2.75, 3.05) is 19.6 Å². The molecular weight excluding hydrogens is 314 g/mol. The van der Waals surface area contributed by atoms with Crippen LogP contribution in [0.4, 0.5) is 0 Å². The third kappa shape index (κ3) is 5.93. The van der Waals surface area contributed by atoms with Gasteiger partial charge in [-0.05, 0) is 56.0 Å². The van der Waals surface area contributed by atoms with E-state index in [0.29, 0.717) is 13.1 Å². The molecule has 1 fully saturated rings. The molecular formula is C16H25N3O3S. The molecule has 1 heterocycles. The average Bonchev–Trinajstić information content (AvgIpc) is 2.69. The van der Waals surface area contributed by atoms with Crippen molar-refractivity contribution in [2.45, 2.75) is 37.6 Å². The molecule has 1 aromatic carbocycles. The molecule has 0 radical (unpaired) electrons. The van der Waals surface area contributed by atoms with Gasteiger partial charge in [-0.25, -0.2) is 13.6 Å². The summed E-state index contributed by atoms with van der Waals surface area (Å²) in [6, 6.07) is 6.22. The number of sulfonamides is 1. The lowest BCUT2D eigenvalue weighted by atomic mass is 10.0. The number of amides is 1. The van der Waals surface area contributed by atoms with Crippen LogP contribution < -0.4 is 10.5 Å². The molecule has 23 heavy (non-hydrogen) atoms. The number of rotatable bonds is 5. The summed E-state index contributed by atoms with van der Waals surface area (Å²) in [5.41, 5.74) is 0.843. The normalized spacial score (nSPS) is 20.0. The lowest BCUT2D eigenvalue weighted by molar-refractivity contribution is -0.122. The number of benzene rings is 1. The molecule has 0 bridgehead atoms. The highest BCUT2D eigenvalue weighted by atomic mass is 32.2. The largest absolute Gasteiger partial charge is 0.351 e. The Morgan fingerprint density at radius 1 is 1.26 bits per heavy atom. The summed E-state index contributed by atoms with van der Waals surface area (Å²) in [7, 11) is -3.67. The molecule has 3 N–H and O–H groups in total. The van der Waals surface area contributed by atoms with Gasteiger partial charge in [0.25, 0.3) is 0 Å². The zero-order chi connectivity index (χ0) is 16.9. The van der Waals surface area contributed by atoms with Gasteiger partial charge in [0, 0.05) is 6.54 Å². The van der Waals surface area contributed by atoms with E-state index in [9.17, 15) is 13.2 Å². The Bertz CT molecular complexity index is 628. The summed E-state index contributed by atoms with van der Waals surface area (Å²) < 4.78 is 22.4. The number of hydrogen-bond donors (Lipinski definition) is 2. The lowest BCUT2D eigenvalue weighted by Gasteiger charge is -2.19. The molecule has 0 saturated carbocycles. The third-order valence-electron chi connectivity index (χ3n) is 4.22. The Hall–Kier alpha value is -1.44. The standard InChI is InChI=1S/C16H25N3O3S/c1-13-3-2-9-19(10-8-13)12-16(20)18-11-14-4-6-15(7-5-14)23(17,21)22/h4-7,13H,2-3,8-12H2,1H3,(H,18,20)(H2,17,21,22). The average molecular weight is 339 g/mol. The molecule has 128 valence electrons. The summed E-state index contributed by atoms with van der Waals surface area (Å²) in [6.07, 6.45) is 3.51. The molecule has 1 unspecified atom stereocenters. The monoisotopic (exact) mass is 339 g/mol. The molecule has 1 saturated heterocycles. The number of carbonyl (C=O) groups excluding carboxylic acids is 1. The summed E-state index contributed by atoms with van der Waals surface area (Å²) in [4.78, 5) is 14.3. The Balaban J connectivity index is 1.80. The number of likely N-dealkylation sites (tertiary alicyclic amines) is 1. The smallest absolute Gasteiger partial charge is 0.238 e. The first-order valence-corrected chi connectivity index (χ1v) is 9.50. The predicted octanol–water partition coefficient (Wildman–Crippen LogP) is 1.07. The van der Waals surface area contributed by atoms with Gasteiger partial charge in [-0.15, -0.1) is 0 Å². The maximum Gasteiger partial charge on any atom is 0.238 e. The fraction of sp³-hybridized carbons (Fsp3) is 0.562. The highest BCUT2D eigenvalue weighted by Gasteiger charge is 2.16. The van der Waals surface area contributed by atoms with E-state index >= 15 is 0 Å². The van der Waals surface area contributed by atoms with Crippen LogP contribution >= 0.6 is 0 Å². The quantitative estimate of drug-likeness (QED) is 0.839. The van der Waals surface area contributed by atoms with E-state index in [4.69, 9.17) is 5.14 Å². The molecule has 1 aromatic rings. The van der Waals surface area contributed by atoms with Crippen LogP contribution in [0, 0.1) is 5.92 Å². The van der Waals surface area contributed by atoms with Crippen molar-refractivity contribution in [3.8, 4) is 0 Å². The van der Waals surface area contributed by atoms with Crippen LogP contribution in [0.15, 0.2) is 29.2 Å². The molecule has 0 spiro atoms. The number of nitrogens with zero attached hydrogens (tertiary/aromatic N) is 1. The molecule has 1 aliphatic heterocycles. The van der Waals surface area contributed by atoms with Gasteiger partial charge in [-0.3, -0.25) is 9.69 Å². The second-order valence-electron chi connectivity index (χ2n) is 6.28. The maximum absolute atomic E-state index is 12.0. The minimum absolute atomic E-state index is 0.00456. The van der Waals surface area contributed by atoms with E-state index in [2.05, 4.69) is 17.1 Å². The van der Waals surface area contributed by atoms with Crippen molar-refractivity contribution < 1.29 is 13.2 Å².